The summed E-state index contributed by atoms with van der Waals surface area (Å²) in [4.78, 5) is 0. The Hall–Kier alpha value is 0.440. The Labute approximate surface area is 72.0 Å². The lowest BCUT2D eigenvalue weighted by Crippen LogP contribution is -2.06. The average Bonchev–Trinajstić information content (AvgIpc) is 1.98. The van der Waals surface area contributed by atoms with Gasteiger partial charge < -0.3 is 5.11 Å². The first-order chi connectivity index (χ1) is 4.81. The van der Waals surface area contributed by atoms with E-state index < -0.39 is 0 Å². The van der Waals surface area contributed by atoms with Crippen LogP contribution in [0.3, 0.4) is 0 Å². The van der Waals surface area contributed by atoms with Gasteiger partial charge in [-0.3, -0.25) is 0 Å². The second kappa shape index (κ2) is 7.55. The first-order valence-electron chi connectivity index (χ1n) is 4.05. The molecule has 62 valence electrons. The van der Waals surface area contributed by atoms with Gasteiger partial charge in [-0.25, -0.2) is 0 Å². The molecular formula is C8H17BrO. The lowest BCUT2D eigenvalue weighted by molar-refractivity contribution is 0.186. The molecule has 1 nitrogen and oxygen atoms in total. The maximum absolute atomic E-state index is 9.11. The van der Waals surface area contributed by atoms with E-state index >= 15 is 0 Å². The number of unbranched alkanes of at least 4 members (excludes halogenated alkanes) is 3. The molecule has 0 unspecified atom stereocenters. The molecule has 0 saturated carbocycles. The van der Waals surface area contributed by atoms with E-state index in [1.807, 2.05) is 0 Å². The van der Waals surface area contributed by atoms with E-state index in [1.165, 1.54) is 25.7 Å². The van der Waals surface area contributed by atoms with Crippen molar-refractivity contribution in [1.82, 2.24) is 0 Å². The molecule has 0 radical (unpaired) electrons. The molecule has 1 atom stereocenters. The normalized spacial score (nSPS) is 13.5. The van der Waals surface area contributed by atoms with Crippen molar-refractivity contribution in [2.75, 3.05) is 5.33 Å². The quantitative estimate of drug-likeness (QED) is 0.526. The maximum atomic E-state index is 9.11. The fraction of sp³-hybridized carbons (Fsp3) is 1.00. The highest BCUT2D eigenvalue weighted by molar-refractivity contribution is 9.09. The van der Waals surface area contributed by atoms with Crippen molar-refractivity contribution in [2.45, 2.75) is 45.1 Å². The van der Waals surface area contributed by atoms with Crippen LogP contribution < -0.4 is 0 Å². The van der Waals surface area contributed by atoms with Gasteiger partial charge in [0.2, 0.25) is 0 Å². The molecule has 0 aromatic carbocycles. The van der Waals surface area contributed by atoms with Crippen LogP contribution in [0, 0.1) is 0 Å². The SMILES string of the molecule is CCCCCC[C@H](O)CBr. The third kappa shape index (κ3) is 6.56. The van der Waals surface area contributed by atoms with E-state index in [0.29, 0.717) is 0 Å². The summed E-state index contributed by atoms with van der Waals surface area (Å²) in [5, 5.41) is 9.83. The summed E-state index contributed by atoms with van der Waals surface area (Å²) in [6.07, 6.45) is 5.82. The van der Waals surface area contributed by atoms with Crippen LogP contribution in [0.25, 0.3) is 0 Å². The molecule has 0 aliphatic carbocycles. The molecule has 0 bridgehead atoms. The third-order valence-electron chi connectivity index (χ3n) is 1.57. The van der Waals surface area contributed by atoms with Gasteiger partial charge in [-0.15, -0.1) is 0 Å². The minimum atomic E-state index is -0.128. The predicted molar refractivity (Wildman–Crippen MR) is 48.6 cm³/mol. The fourth-order valence-corrected chi connectivity index (χ4v) is 1.21. The van der Waals surface area contributed by atoms with Crippen molar-refractivity contribution in [2.24, 2.45) is 0 Å². The molecule has 0 aliphatic rings. The first-order valence-corrected chi connectivity index (χ1v) is 5.17. The average molecular weight is 209 g/mol. The molecule has 10 heavy (non-hydrogen) atoms. The second-order valence-electron chi connectivity index (χ2n) is 2.66. The summed E-state index contributed by atoms with van der Waals surface area (Å²) in [5.41, 5.74) is 0. The Balaban J connectivity index is 2.89. The molecule has 0 aliphatic heterocycles. The van der Waals surface area contributed by atoms with E-state index in [9.17, 15) is 0 Å². The maximum Gasteiger partial charge on any atom is 0.0637 e. The standard InChI is InChI=1S/C8H17BrO/c1-2-3-4-5-6-8(10)7-9/h8,10H,2-7H2,1H3/t8-/m0/s1. The molecule has 0 rings (SSSR count). The number of aliphatic hydroxyl groups excluding tert-OH is 1. The molecule has 2 heteroatoms. The number of halogens is 1. The smallest absolute Gasteiger partial charge is 0.0637 e. The van der Waals surface area contributed by atoms with Crippen molar-refractivity contribution in [1.29, 1.82) is 0 Å². The number of alkyl halides is 1. The van der Waals surface area contributed by atoms with Gasteiger partial charge in [0.15, 0.2) is 0 Å². The largest absolute Gasteiger partial charge is 0.392 e. The zero-order valence-electron chi connectivity index (χ0n) is 6.65. The second-order valence-corrected chi connectivity index (χ2v) is 3.30. The summed E-state index contributed by atoms with van der Waals surface area (Å²) in [7, 11) is 0. The van der Waals surface area contributed by atoms with Crippen LogP contribution in [-0.2, 0) is 0 Å². The van der Waals surface area contributed by atoms with Crippen molar-refractivity contribution in [3.63, 3.8) is 0 Å². The van der Waals surface area contributed by atoms with Crippen molar-refractivity contribution in [3.8, 4) is 0 Å². The zero-order valence-corrected chi connectivity index (χ0v) is 8.23. The fourth-order valence-electron chi connectivity index (χ4n) is 0.884. The zero-order chi connectivity index (χ0) is 7.82. The summed E-state index contributed by atoms with van der Waals surface area (Å²) in [6.45, 7) is 2.20. The highest BCUT2D eigenvalue weighted by Gasteiger charge is 1.99. The lowest BCUT2D eigenvalue weighted by Gasteiger charge is -2.04. The monoisotopic (exact) mass is 208 g/mol. The topological polar surface area (TPSA) is 20.2 Å². The van der Waals surface area contributed by atoms with Gasteiger partial charge in [-0.05, 0) is 6.42 Å². The van der Waals surface area contributed by atoms with Gasteiger partial charge in [-0.1, -0.05) is 48.5 Å². The van der Waals surface area contributed by atoms with E-state index in [-0.39, 0.29) is 6.10 Å². The third-order valence-corrected chi connectivity index (χ3v) is 2.32. The van der Waals surface area contributed by atoms with Gasteiger partial charge in [0, 0.05) is 5.33 Å². The van der Waals surface area contributed by atoms with Crippen LogP contribution in [0.1, 0.15) is 39.0 Å². The number of aliphatic hydroxyl groups is 1. The lowest BCUT2D eigenvalue weighted by atomic mass is 10.1. The minimum Gasteiger partial charge on any atom is -0.392 e. The molecule has 0 amide bonds. The Morgan fingerprint density at radius 1 is 1.30 bits per heavy atom. The van der Waals surface area contributed by atoms with Gasteiger partial charge in [0.1, 0.15) is 0 Å². The molecule has 0 spiro atoms. The summed E-state index contributed by atoms with van der Waals surface area (Å²) in [6, 6.07) is 0. The summed E-state index contributed by atoms with van der Waals surface area (Å²) in [5.74, 6) is 0. The molecule has 1 N–H and O–H groups in total. The van der Waals surface area contributed by atoms with Crippen LogP contribution >= 0.6 is 15.9 Å². The Kier molecular flexibility index (Phi) is 7.88. The van der Waals surface area contributed by atoms with Crippen LogP contribution in [0.2, 0.25) is 0 Å². The molecule has 0 aromatic heterocycles. The first kappa shape index (κ1) is 10.4. The van der Waals surface area contributed by atoms with E-state index in [1.54, 1.807) is 0 Å². The summed E-state index contributed by atoms with van der Waals surface area (Å²) >= 11 is 3.23. The Morgan fingerprint density at radius 3 is 2.50 bits per heavy atom. The van der Waals surface area contributed by atoms with Crippen LogP contribution in [0.15, 0.2) is 0 Å². The Morgan fingerprint density at radius 2 is 2.00 bits per heavy atom. The molecule has 0 aromatic rings. The van der Waals surface area contributed by atoms with Crippen molar-refractivity contribution in [3.05, 3.63) is 0 Å². The summed E-state index contributed by atoms with van der Waals surface area (Å²) < 4.78 is 0. The van der Waals surface area contributed by atoms with Gasteiger partial charge in [0.05, 0.1) is 6.10 Å². The Bertz CT molecular complexity index is 66.3. The van der Waals surface area contributed by atoms with Gasteiger partial charge >= 0.3 is 0 Å². The van der Waals surface area contributed by atoms with Crippen LogP contribution in [0.5, 0.6) is 0 Å². The molecule has 0 heterocycles. The predicted octanol–water partition coefficient (Wildman–Crippen LogP) is 2.71. The minimum absolute atomic E-state index is 0.128. The number of rotatable bonds is 6. The molecule has 0 saturated heterocycles. The van der Waals surface area contributed by atoms with E-state index in [2.05, 4.69) is 22.9 Å². The van der Waals surface area contributed by atoms with Crippen molar-refractivity contribution < 1.29 is 5.11 Å². The number of hydrogen-bond acceptors (Lipinski definition) is 1. The van der Waals surface area contributed by atoms with Gasteiger partial charge in [0.25, 0.3) is 0 Å². The highest BCUT2D eigenvalue weighted by Crippen LogP contribution is 2.06. The molecular weight excluding hydrogens is 192 g/mol. The highest BCUT2D eigenvalue weighted by atomic mass is 79.9. The van der Waals surface area contributed by atoms with Gasteiger partial charge in [-0.2, -0.15) is 0 Å². The van der Waals surface area contributed by atoms with E-state index in [0.717, 1.165) is 11.8 Å². The molecule has 0 fully saturated rings. The van der Waals surface area contributed by atoms with E-state index in [4.69, 9.17) is 5.11 Å². The van der Waals surface area contributed by atoms with Crippen molar-refractivity contribution >= 4 is 15.9 Å². The van der Waals surface area contributed by atoms with Crippen LogP contribution in [-0.4, -0.2) is 16.5 Å². The number of hydrogen-bond donors (Lipinski definition) is 1. The van der Waals surface area contributed by atoms with Crippen LogP contribution in [0.4, 0.5) is 0 Å².